The number of hydrogen-bond donors (Lipinski definition) is 1. The van der Waals surface area contributed by atoms with E-state index in [1.165, 1.54) is 5.56 Å². The Kier molecular flexibility index (Phi) is 6.86. The van der Waals surface area contributed by atoms with E-state index in [1.807, 2.05) is 6.07 Å². The van der Waals surface area contributed by atoms with Crippen LogP contribution in [0.3, 0.4) is 0 Å². The van der Waals surface area contributed by atoms with E-state index < -0.39 is 0 Å². The SMILES string of the molecule is [C-]#N.[CH2-]N1CCC(c2ccccc2)(c2nn[nH]n2)C(C)C1.[W]. The van der Waals surface area contributed by atoms with Crippen molar-refractivity contribution in [2.24, 2.45) is 5.92 Å². The van der Waals surface area contributed by atoms with Crippen LogP contribution in [-0.2, 0) is 26.5 Å². The average molecular weight is 466 g/mol. The van der Waals surface area contributed by atoms with E-state index in [2.05, 4.69) is 63.8 Å². The number of piperidine rings is 1. The number of rotatable bonds is 2. The summed E-state index contributed by atoms with van der Waals surface area (Å²) in [5, 5.41) is 21.2. The Bertz CT molecular complexity index is 570. The first-order chi connectivity index (χ1) is 10.2. The van der Waals surface area contributed by atoms with Gasteiger partial charge in [0.25, 0.3) is 0 Å². The molecule has 1 aliphatic rings. The van der Waals surface area contributed by atoms with Crippen LogP contribution < -0.4 is 0 Å². The first-order valence-corrected chi connectivity index (χ1v) is 6.81. The second-order valence-corrected chi connectivity index (χ2v) is 5.30. The van der Waals surface area contributed by atoms with Gasteiger partial charge in [-0.25, -0.2) is 0 Å². The van der Waals surface area contributed by atoms with Gasteiger partial charge in [-0.2, -0.15) is 5.21 Å². The van der Waals surface area contributed by atoms with Gasteiger partial charge in [-0.1, -0.05) is 42.5 Å². The summed E-state index contributed by atoms with van der Waals surface area (Å²) >= 11 is 0. The third kappa shape index (κ3) is 3.26. The van der Waals surface area contributed by atoms with Crippen molar-refractivity contribution in [1.29, 1.82) is 5.26 Å². The van der Waals surface area contributed by atoms with Gasteiger partial charge in [-0.3, -0.25) is 7.05 Å². The predicted octanol–water partition coefficient (Wildman–Crippen LogP) is 1.71. The van der Waals surface area contributed by atoms with Crippen LogP contribution in [-0.4, -0.2) is 38.6 Å². The van der Waals surface area contributed by atoms with E-state index in [0.717, 1.165) is 25.3 Å². The number of aromatic nitrogens is 4. The molecule has 116 valence electrons. The van der Waals surface area contributed by atoms with Gasteiger partial charge in [0.05, 0.1) is 5.41 Å². The van der Waals surface area contributed by atoms with Crippen molar-refractivity contribution < 1.29 is 21.1 Å². The molecule has 0 amide bonds. The quantitative estimate of drug-likeness (QED) is 0.682. The molecule has 0 radical (unpaired) electrons. The van der Waals surface area contributed by atoms with Gasteiger partial charge in [0, 0.05) is 21.1 Å². The number of tetrazole rings is 1. The molecule has 2 atom stereocenters. The molecule has 1 N–H and O–H groups in total. The van der Waals surface area contributed by atoms with Crippen molar-refractivity contribution in [3.63, 3.8) is 0 Å². The van der Waals surface area contributed by atoms with Crippen molar-refractivity contribution in [1.82, 2.24) is 25.5 Å². The summed E-state index contributed by atoms with van der Waals surface area (Å²) in [6.45, 7) is 8.86. The van der Waals surface area contributed by atoms with Crippen LogP contribution in [0.2, 0.25) is 0 Å². The molecule has 0 saturated carbocycles. The van der Waals surface area contributed by atoms with Crippen LogP contribution >= 0.6 is 0 Å². The van der Waals surface area contributed by atoms with Crippen molar-refractivity contribution in [2.45, 2.75) is 18.8 Å². The molecule has 1 aliphatic heterocycles. The van der Waals surface area contributed by atoms with Crippen LogP contribution in [0, 0.1) is 24.8 Å². The largest absolute Gasteiger partial charge is 0.512 e. The molecule has 7 heteroatoms. The standard InChI is InChI=1S/C14H18N5.CN.W/c1-11-10-19(2)9-8-14(11,13-15-17-18-16-13)12-6-4-3-5-7-12;1-2;/h3-7,11H,2,8-10H2,1H3,(H,15,16,17,18);;/q2*-1;. The van der Waals surface area contributed by atoms with E-state index in [0.29, 0.717) is 5.92 Å². The molecule has 2 aromatic rings. The van der Waals surface area contributed by atoms with Crippen molar-refractivity contribution in [2.75, 3.05) is 13.1 Å². The summed E-state index contributed by atoms with van der Waals surface area (Å²) in [5.41, 5.74) is 1.10. The fourth-order valence-corrected chi connectivity index (χ4v) is 3.19. The molecular weight excluding hydrogens is 448 g/mol. The van der Waals surface area contributed by atoms with Gasteiger partial charge < -0.3 is 16.7 Å². The van der Waals surface area contributed by atoms with Crippen LogP contribution in [0.4, 0.5) is 0 Å². The number of nitrogens with one attached hydrogen (secondary N) is 1. The summed E-state index contributed by atoms with van der Waals surface area (Å²) in [5.74, 6) is 1.18. The van der Waals surface area contributed by atoms with E-state index in [9.17, 15) is 0 Å². The number of likely N-dealkylation sites (tertiary alicyclic amines) is 1. The second-order valence-electron chi connectivity index (χ2n) is 5.30. The van der Waals surface area contributed by atoms with Crippen molar-refractivity contribution >= 4 is 0 Å². The van der Waals surface area contributed by atoms with E-state index in [1.54, 1.807) is 0 Å². The fraction of sp³-hybridized carbons (Fsp3) is 0.400. The molecule has 2 unspecified atom stereocenters. The molecule has 1 aromatic heterocycles. The molecule has 3 rings (SSSR count). The molecule has 2 heterocycles. The smallest absolute Gasteiger partial charge is 0.185 e. The zero-order chi connectivity index (χ0) is 15.3. The summed E-state index contributed by atoms with van der Waals surface area (Å²) in [7, 11) is 4.06. The zero-order valence-electron chi connectivity index (χ0n) is 12.4. The van der Waals surface area contributed by atoms with Gasteiger partial charge in [0.2, 0.25) is 0 Å². The Balaban J connectivity index is 0.000000775. The minimum absolute atomic E-state index is 0. The molecular formula is C15H18N6W-2. The van der Waals surface area contributed by atoms with Crippen LogP contribution in [0.1, 0.15) is 24.7 Å². The van der Waals surface area contributed by atoms with E-state index in [-0.39, 0.29) is 26.5 Å². The van der Waals surface area contributed by atoms with Crippen LogP contribution in [0.15, 0.2) is 30.3 Å². The second kappa shape index (κ2) is 8.16. The van der Waals surface area contributed by atoms with Gasteiger partial charge in [-0.05, 0) is 31.0 Å². The molecule has 0 aliphatic carbocycles. The Morgan fingerprint density at radius 2 is 2.05 bits per heavy atom. The maximum Gasteiger partial charge on any atom is 0.185 e. The molecule has 6 nitrogen and oxygen atoms in total. The maximum atomic E-state index is 6.25. The van der Waals surface area contributed by atoms with Gasteiger partial charge in [0.15, 0.2) is 5.82 Å². The average Bonchev–Trinajstić information content (AvgIpc) is 3.05. The minimum atomic E-state index is -0.164. The molecule has 1 aromatic carbocycles. The normalized spacial score (nSPS) is 24.6. The van der Waals surface area contributed by atoms with E-state index >= 15 is 0 Å². The molecule has 0 spiro atoms. The van der Waals surface area contributed by atoms with Crippen molar-refractivity contribution in [3.05, 3.63) is 55.3 Å². The number of hydrogen-bond acceptors (Lipinski definition) is 5. The Labute approximate surface area is 145 Å². The third-order valence-corrected chi connectivity index (χ3v) is 4.23. The first kappa shape index (κ1) is 18.5. The monoisotopic (exact) mass is 466 g/mol. The number of nitrogens with zero attached hydrogens (tertiary/aromatic N) is 5. The van der Waals surface area contributed by atoms with Gasteiger partial charge in [-0.15, -0.1) is 10.2 Å². The molecule has 0 bridgehead atoms. The summed E-state index contributed by atoms with van der Waals surface area (Å²) in [4.78, 5) is 2.12. The fourth-order valence-electron chi connectivity index (χ4n) is 3.19. The van der Waals surface area contributed by atoms with E-state index in [4.69, 9.17) is 11.8 Å². The Morgan fingerprint density at radius 3 is 2.59 bits per heavy atom. The Hall–Kier alpha value is -1.57. The summed E-state index contributed by atoms with van der Waals surface area (Å²) in [6, 6.07) is 10.5. The number of H-pyrrole nitrogens is 1. The number of benzene rings is 1. The summed E-state index contributed by atoms with van der Waals surface area (Å²) < 4.78 is 0. The maximum absolute atomic E-state index is 6.25. The van der Waals surface area contributed by atoms with Crippen LogP contribution in [0.25, 0.3) is 0 Å². The van der Waals surface area contributed by atoms with Crippen LogP contribution in [0.5, 0.6) is 0 Å². The van der Waals surface area contributed by atoms with Gasteiger partial charge in [0.1, 0.15) is 0 Å². The predicted molar refractivity (Wildman–Crippen MR) is 77.1 cm³/mol. The molecule has 1 saturated heterocycles. The van der Waals surface area contributed by atoms with Crippen molar-refractivity contribution in [3.8, 4) is 0 Å². The third-order valence-electron chi connectivity index (χ3n) is 4.23. The summed E-state index contributed by atoms with van der Waals surface area (Å²) in [6.07, 6.45) is 0.960. The molecule has 1 fully saturated rings. The topological polar surface area (TPSA) is 81.5 Å². The zero-order valence-corrected chi connectivity index (χ0v) is 15.4. The minimum Gasteiger partial charge on any atom is -0.512 e. The van der Waals surface area contributed by atoms with Gasteiger partial charge >= 0.3 is 0 Å². The molecule has 22 heavy (non-hydrogen) atoms. The number of aromatic amines is 1. The Morgan fingerprint density at radius 1 is 1.36 bits per heavy atom. The first-order valence-electron chi connectivity index (χ1n) is 6.81.